The minimum Gasteiger partial charge on any atom is -0.494 e. The fourth-order valence-corrected chi connectivity index (χ4v) is 3.11. The number of aliphatic hydroxyl groups is 1. The van der Waals surface area contributed by atoms with Crippen molar-refractivity contribution in [3.63, 3.8) is 0 Å². The fraction of sp³-hybridized carbons (Fsp3) is 0.0952. The lowest BCUT2D eigenvalue weighted by Crippen LogP contribution is -2.09. The average Bonchev–Trinajstić information content (AvgIpc) is 3.14. The van der Waals surface area contributed by atoms with E-state index in [2.05, 4.69) is 0 Å². The average molecular weight is 402 g/mol. The third-order valence-corrected chi connectivity index (χ3v) is 4.46. The summed E-state index contributed by atoms with van der Waals surface area (Å²) in [6.07, 6.45) is 2.84. The second kappa shape index (κ2) is 8.29. The molecule has 0 aliphatic rings. The quantitative estimate of drug-likeness (QED) is 0.598. The largest absolute Gasteiger partial charge is 0.494 e. The van der Waals surface area contributed by atoms with Crippen LogP contribution in [0.4, 0.5) is 4.39 Å². The Morgan fingerprint density at radius 3 is 2.71 bits per heavy atom. The Morgan fingerprint density at radius 2 is 2.00 bits per heavy atom. The number of aromatic nitrogens is 1. The molecule has 2 N–H and O–H groups in total. The molecule has 7 heteroatoms. The van der Waals surface area contributed by atoms with Gasteiger partial charge in [-0.15, -0.1) is 0 Å². The minimum absolute atomic E-state index is 0.0196. The summed E-state index contributed by atoms with van der Waals surface area (Å²) in [6.45, 7) is 0. The molecule has 0 amide bonds. The number of carboxylic acid groups (broad SMARTS) is 1. The number of methoxy groups -OCH3 is 1. The number of carboxylic acids is 1. The van der Waals surface area contributed by atoms with Crippen molar-refractivity contribution >= 4 is 23.6 Å². The van der Waals surface area contributed by atoms with Crippen LogP contribution in [-0.4, -0.2) is 27.9 Å². The van der Waals surface area contributed by atoms with Gasteiger partial charge in [0.05, 0.1) is 12.8 Å². The maximum absolute atomic E-state index is 14.7. The molecule has 28 heavy (non-hydrogen) atoms. The van der Waals surface area contributed by atoms with E-state index in [1.54, 1.807) is 47.2 Å². The number of hydrogen-bond donors (Lipinski definition) is 2. The number of rotatable bonds is 6. The Bertz CT molecular complexity index is 1040. The van der Waals surface area contributed by atoms with Gasteiger partial charge in [0.15, 0.2) is 11.6 Å². The molecule has 144 valence electrons. The SMILES string of the molecule is COc1cccc(C(O)c2cc(Cl)ccc2-n2cccc2/C=C/C(=O)O)c1F. The molecular weight excluding hydrogens is 385 g/mol. The van der Waals surface area contributed by atoms with Gasteiger partial charge < -0.3 is 19.5 Å². The minimum atomic E-state index is -1.32. The summed E-state index contributed by atoms with van der Waals surface area (Å²) in [5.41, 5.74) is 1.51. The summed E-state index contributed by atoms with van der Waals surface area (Å²) < 4.78 is 21.3. The highest BCUT2D eigenvalue weighted by Crippen LogP contribution is 2.34. The van der Waals surface area contributed by atoms with E-state index in [9.17, 15) is 14.3 Å². The van der Waals surface area contributed by atoms with Crippen molar-refractivity contribution in [1.82, 2.24) is 4.57 Å². The molecule has 3 rings (SSSR count). The number of ether oxygens (including phenoxy) is 1. The van der Waals surface area contributed by atoms with Crippen LogP contribution in [-0.2, 0) is 4.79 Å². The van der Waals surface area contributed by atoms with E-state index in [1.807, 2.05) is 0 Å². The molecule has 0 saturated carbocycles. The summed E-state index contributed by atoms with van der Waals surface area (Å²) in [5.74, 6) is -1.73. The van der Waals surface area contributed by atoms with E-state index in [-0.39, 0.29) is 11.3 Å². The summed E-state index contributed by atoms with van der Waals surface area (Å²) in [5, 5.41) is 20.2. The van der Waals surface area contributed by atoms with Crippen molar-refractivity contribution in [2.75, 3.05) is 7.11 Å². The van der Waals surface area contributed by atoms with Crippen LogP contribution in [0.15, 0.2) is 60.8 Å². The summed E-state index contributed by atoms with van der Waals surface area (Å²) in [4.78, 5) is 10.8. The van der Waals surface area contributed by atoms with Gasteiger partial charge >= 0.3 is 5.97 Å². The molecule has 1 aromatic heterocycles. The maximum atomic E-state index is 14.7. The number of carbonyl (C=O) groups is 1. The third kappa shape index (κ3) is 3.93. The van der Waals surface area contributed by atoms with Crippen LogP contribution in [0, 0.1) is 5.82 Å². The summed E-state index contributed by atoms with van der Waals surface area (Å²) >= 11 is 6.12. The van der Waals surface area contributed by atoms with E-state index in [0.717, 1.165) is 6.08 Å². The molecule has 0 aliphatic carbocycles. The number of benzene rings is 2. The zero-order valence-corrected chi connectivity index (χ0v) is 15.6. The Hall–Kier alpha value is -3.09. The van der Waals surface area contributed by atoms with Crippen LogP contribution < -0.4 is 4.74 Å². The van der Waals surface area contributed by atoms with Gasteiger partial charge in [0, 0.05) is 34.1 Å². The van der Waals surface area contributed by atoms with Crippen LogP contribution in [0.5, 0.6) is 5.75 Å². The third-order valence-electron chi connectivity index (χ3n) is 4.23. The standard InChI is InChI=1S/C21H17ClFNO4/c1-28-18-6-2-5-15(20(18)23)21(27)16-12-13(22)7-9-17(16)24-11-3-4-14(24)8-10-19(25)26/h2-12,21,27H,1H3,(H,25,26)/b10-8+. The molecule has 0 aliphatic heterocycles. The molecule has 0 bridgehead atoms. The highest BCUT2D eigenvalue weighted by atomic mass is 35.5. The molecule has 1 heterocycles. The highest BCUT2D eigenvalue weighted by Gasteiger charge is 2.22. The number of nitrogens with zero attached hydrogens (tertiary/aromatic N) is 1. The van der Waals surface area contributed by atoms with Crippen molar-refractivity contribution < 1.29 is 24.1 Å². The van der Waals surface area contributed by atoms with Crippen molar-refractivity contribution in [1.29, 1.82) is 0 Å². The summed E-state index contributed by atoms with van der Waals surface area (Å²) in [7, 11) is 1.35. The van der Waals surface area contributed by atoms with E-state index >= 15 is 0 Å². The van der Waals surface area contributed by atoms with Crippen molar-refractivity contribution in [3.05, 3.63) is 88.5 Å². The van der Waals surface area contributed by atoms with E-state index < -0.39 is 17.9 Å². The first-order chi connectivity index (χ1) is 13.4. The first-order valence-corrected chi connectivity index (χ1v) is 8.69. The molecule has 5 nitrogen and oxygen atoms in total. The highest BCUT2D eigenvalue weighted by molar-refractivity contribution is 6.30. The number of aliphatic hydroxyl groups excluding tert-OH is 1. The number of aliphatic carboxylic acids is 1. The number of hydrogen-bond acceptors (Lipinski definition) is 3. The van der Waals surface area contributed by atoms with Gasteiger partial charge in [0.2, 0.25) is 0 Å². The maximum Gasteiger partial charge on any atom is 0.328 e. The normalized spacial score (nSPS) is 12.3. The van der Waals surface area contributed by atoms with Crippen LogP contribution in [0.3, 0.4) is 0 Å². The van der Waals surface area contributed by atoms with Crippen molar-refractivity contribution in [3.8, 4) is 11.4 Å². The monoisotopic (exact) mass is 401 g/mol. The van der Waals surface area contributed by atoms with Crippen LogP contribution >= 0.6 is 11.6 Å². The van der Waals surface area contributed by atoms with Gasteiger partial charge in [-0.25, -0.2) is 9.18 Å². The predicted octanol–water partition coefficient (Wildman–Crippen LogP) is 4.46. The smallest absolute Gasteiger partial charge is 0.328 e. The molecule has 0 radical (unpaired) electrons. The van der Waals surface area contributed by atoms with Gasteiger partial charge in [0.25, 0.3) is 0 Å². The predicted molar refractivity (Wildman–Crippen MR) is 104 cm³/mol. The van der Waals surface area contributed by atoms with E-state index in [1.165, 1.54) is 25.3 Å². The number of halogens is 2. The first kappa shape index (κ1) is 19.7. The molecule has 1 atom stereocenters. The van der Waals surface area contributed by atoms with E-state index in [0.29, 0.717) is 22.0 Å². The topological polar surface area (TPSA) is 71.7 Å². The lowest BCUT2D eigenvalue weighted by Gasteiger charge is -2.19. The zero-order chi connectivity index (χ0) is 20.3. The summed E-state index contributed by atoms with van der Waals surface area (Å²) in [6, 6.07) is 12.8. The van der Waals surface area contributed by atoms with Crippen LogP contribution in [0.1, 0.15) is 22.9 Å². The van der Waals surface area contributed by atoms with Crippen molar-refractivity contribution in [2.45, 2.75) is 6.10 Å². The lowest BCUT2D eigenvalue weighted by atomic mass is 9.98. The molecular formula is C21H17ClFNO4. The van der Waals surface area contributed by atoms with Crippen LogP contribution in [0.2, 0.25) is 5.02 Å². The van der Waals surface area contributed by atoms with Gasteiger partial charge in [-0.3, -0.25) is 0 Å². The second-order valence-corrected chi connectivity index (χ2v) is 6.38. The lowest BCUT2D eigenvalue weighted by molar-refractivity contribution is -0.131. The molecule has 0 saturated heterocycles. The first-order valence-electron chi connectivity index (χ1n) is 8.31. The zero-order valence-electron chi connectivity index (χ0n) is 14.8. The molecule has 3 aromatic rings. The van der Waals surface area contributed by atoms with Gasteiger partial charge in [0.1, 0.15) is 6.10 Å². The van der Waals surface area contributed by atoms with E-state index in [4.69, 9.17) is 21.4 Å². The van der Waals surface area contributed by atoms with Crippen LogP contribution in [0.25, 0.3) is 11.8 Å². The fourth-order valence-electron chi connectivity index (χ4n) is 2.93. The molecule has 1 unspecified atom stereocenters. The van der Waals surface area contributed by atoms with Crippen molar-refractivity contribution in [2.24, 2.45) is 0 Å². The molecule has 0 fully saturated rings. The molecule has 0 spiro atoms. The Morgan fingerprint density at radius 1 is 1.21 bits per heavy atom. The van der Waals surface area contributed by atoms with Gasteiger partial charge in [-0.05, 0) is 42.5 Å². The Labute approximate surface area is 165 Å². The second-order valence-electron chi connectivity index (χ2n) is 5.94. The Kier molecular flexibility index (Phi) is 5.82. The van der Waals surface area contributed by atoms with Gasteiger partial charge in [-0.1, -0.05) is 23.7 Å². The Balaban J connectivity index is 2.13. The molecule has 2 aromatic carbocycles. The van der Waals surface area contributed by atoms with Gasteiger partial charge in [-0.2, -0.15) is 0 Å².